The zero-order chi connectivity index (χ0) is 19.7. The van der Waals surface area contributed by atoms with Crippen molar-refractivity contribution in [3.8, 4) is 0 Å². The molecule has 0 saturated heterocycles. The van der Waals surface area contributed by atoms with Crippen LogP contribution < -0.4 is 4.72 Å². The van der Waals surface area contributed by atoms with E-state index in [0.717, 1.165) is 42.5 Å². The summed E-state index contributed by atoms with van der Waals surface area (Å²) in [4.78, 5) is 10.5. The van der Waals surface area contributed by atoms with Crippen molar-refractivity contribution in [2.75, 3.05) is 5.75 Å². The van der Waals surface area contributed by atoms with Crippen molar-refractivity contribution in [2.24, 2.45) is 0 Å². The van der Waals surface area contributed by atoms with Crippen molar-refractivity contribution in [1.29, 1.82) is 0 Å². The van der Waals surface area contributed by atoms with Crippen LogP contribution in [0, 0.1) is 0 Å². The zero-order valence-corrected chi connectivity index (χ0v) is 16.9. The topological polar surface area (TPSA) is 83.5 Å². The molecule has 1 aliphatic rings. The molecule has 148 valence electrons. The lowest BCUT2D eigenvalue weighted by Crippen LogP contribution is -2.26. The summed E-state index contributed by atoms with van der Waals surface area (Å²) in [7, 11) is -3.39. The van der Waals surface area contributed by atoms with Crippen molar-refractivity contribution in [2.45, 2.75) is 51.4 Å². The quantitative estimate of drug-likeness (QED) is 0.416. The lowest BCUT2D eigenvalue weighted by molar-refractivity contribution is -0.137. The molecule has 2 N–H and O–H groups in total. The Balaban J connectivity index is 1.84. The number of hydrogen-bond acceptors (Lipinski definition) is 3. The van der Waals surface area contributed by atoms with Gasteiger partial charge in [0.25, 0.3) is 0 Å². The van der Waals surface area contributed by atoms with Crippen LogP contribution in [0.15, 0.2) is 47.7 Å². The van der Waals surface area contributed by atoms with Gasteiger partial charge in [-0.3, -0.25) is 9.52 Å². The van der Waals surface area contributed by atoms with Crippen LogP contribution in [0.2, 0.25) is 5.02 Å². The summed E-state index contributed by atoms with van der Waals surface area (Å²) in [5.74, 6) is -0.742. The van der Waals surface area contributed by atoms with E-state index in [1.807, 2.05) is 24.3 Å². The highest BCUT2D eigenvalue weighted by atomic mass is 35.5. The van der Waals surface area contributed by atoms with Crippen molar-refractivity contribution in [3.63, 3.8) is 0 Å². The monoisotopic (exact) mass is 411 g/mol. The fraction of sp³-hybridized carbons (Fsp3) is 0.450. The first-order chi connectivity index (χ1) is 12.9. The Morgan fingerprint density at radius 1 is 1.19 bits per heavy atom. The molecule has 0 fully saturated rings. The second kappa shape index (κ2) is 10.5. The predicted molar refractivity (Wildman–Crippen MR) is 108 cm³/mol. The fourth-order valence-electron chi connectivity index (χ4n) is 3.01. The van der Waals surface area contributed by atoms with Gasteiger partial charge >= 0.3 is 5.97 Å². The molecule has 2 rings (SSSR count). The number of halogens is 1. The smallest absolute Gasteiger partial charge is 0.303 e. The summed E-state index contributed by atoms with van der Waals surface area (Å²) in [6, 6.07) is 7.20. The summed E-state index contributed by atoms with van der Waals surface area (Å²) in [6.07, 6.45) is 9.25. The minimum Gasteiger partial charge on any atom is -0.481 e. The van der Waals surface area contributed by atoms with E-state index >= 15 is 0 Å². The number of hydrogen-bond donors (Lipinski definition) is 2. The van der Waals surface area contributed by atoms with E-state index in [-0.39, 0.29) is 12.2 Å². The van der Waals surface area contributed by atoms with Gasteiger partial charge in [0.1, 0.15) is 0 Å². The first-order valence-electron chi connectivity index (χ1n) is 9.18. The molecule has 1 aromatic rings. The molecule has 0 amide bonds. The van der Waals surface area contributed by atoms with Gasteiger partial charge in [-0.1, -0.05) is 35.9 Å². The Labute approximate surface area is 166 Å². The number of nitrogens with one attached hydrogen (secondary N) is 1. The van der Waals surface area contributed by atoms with Crippen LogP contribution in [0.1, 0.15) is 50.5 Å². The first-order valence-corrected chi connectivity index (χ1v) is 11.2. The van der Waals surface area contributed by atoms with E-state index in [1.54, 1.807) is 12.1 Å². The Hall–Kier alpha value is -1.79. The van der Waals surface area contributed by atoms with Gasteiger partial charge in [0.05, 0.1) is 5.75 Å². The van der Waals surface area contributed by atoms with E-state index < -0.39 is 16.0 Å². The molecular formula is C20H26ClNO4S. The van der Waals surface area contributed by atoms with Crippen LogP contribution in [0.25, 0.3) is 0 Å². The fourth-order valence-corrected chi connectivity index (χ4v) is 4.37. The molecule has 0 bridgehead atoms. The Morgan fingerprint density at radius 3 is 2.63 bits per heavy atom. The van der Waals surface area contributed by atoms with Gasteiger partial charge in [-0.05, 0) is 68.2 Å². The van der Waals surface area contributed by atoms with Gasteiger partial charge in [-0.25, -0.2) is 8.42 Å². The van der Waals surface area contributed by atoms with Gasteiger partial charge < -0.3 is 5.11 Å². The molecule has 0 spiro atoms. The highest BCUT2D eigenvalue weighted by Crippen LogP contribution is 2.27. The number of allylic oxidation sites excluding steroid dienone is 4. The molecule has 0 aromatic heterocycles. The van der Waals surface area contributed by atoms with E-state index in [1.165, 1.54) is 0 Å². The summed E-state index contributed by atoms with van der Waals surface area (Å²) in [5.41, 5.74) is 2.88. The summed E-state index contributed by atoms with van der Waals surface area (Å²) in [5, 5.41) is 9.25. The molecule has 7 heteroatoms. The molecule has 0 unspecified atom stereocenters. The minimum absolute atomic E-state index is 0.0381. The van der Waals surface area contributed by atoms with Crippen LogP contribution in [0.3, 0.4) is 0 Å². The normalized spacial score (nSPS) is 14.9. The molecule has 0 heterocycles. The summed E-state index contributed by atoms with van der Waals surface area (Å²) in [6.45, 7) is 0. The van der Waals surface area contributed by atoms with Crippen molar-refractivity contribution in [1.82, 2.24) is 4.72 Å². The average molecular weight is 412 g/mol. The number of sulfonamides is 1. The van der Waals surface area contributed by atoms with E-state index in [4.69, 9.17) is 16.7 Å². The van der Waals surface area contributed by atoms with Crippen LogP contribution in [0.4, 0.5) is 0 Å². The lowest BCUT2D eigenvalue weighted by Gasteiger charge is -2.11. The molecule has 0 atom stereocenters. The van der Waals surface area contributed by atoms with Gasteiger partial charge in [-0.2, -0.15) is 0 Å². The minimum atomic E-state index is -3.39. The molecule has 0 aliphatic heterocycles. The summed E-state index contributed by atoms with van der Waals surface area (Å²) < 4.78 is 27.6. The number of benzene rings is 1. The lowest BCUT2D eigenvalue weighted by atomic mass is 10.1. The second-order valence-corrected chi connectivity index (χ2v) is 8.97. The molecular weight excluding hydrogens is 386 g/mol. The largest absolute Gasteiger partial charge is 0.481 e. The standard InChI is InChI=1S/C20H26ClNO4S/c21-18-12-10-16(11-13-18)14-15-27(25,26)22-19-8-5-7-17(19)6-3-1-2-4-9-20(23)24/h1,3,10-13,22H,2,4-9,14-15H2,(H,23,24). The van der Waals surface area contributed by atoms with Crippen LogP contribution in [-0.4, -0.2) is 25.2 Å². The number of aliphatic carboxylic acids is 1. The Bertz CT molecular complexity index is 798. The maximum Gasteiger partial charge on any atom is 0.303 e. The van der Waals surface area contributed by atoms with E-state index in [9.17, 15) is 13.2 Å². The third-order valence-electron chi connectivity index (χ3n) is 4.48. The number of rotatable bonds is 11. The number of carboxylic acid groups (broad SMARTS) is 1. The SMILES string of the molecule is O=C(O)CCCC=CCC1=C(NS(=O)(=O)CCc2ccc(Cl)cc2)CCC1. The predicted octanol–water partition coefficient (Wildman–Crippen LogP) is 4.44. The summed E-state index contributed by atoms with van der Waals surface area (Å²) >= 11 is 5.85. The van der Waals surface area contributed by atoms with E-state index in [2.05, 4.69) is 4.72 Å². The number of unbranched alkanes of at least 4 members (excludes halogenated alkanes) is 1. The van der Waals surface area contributed by atoms with Gasteiger partial charge in [0.15, 0.2) is 0 Å². The Morgan fingerprint density at radius 2 is 1.93 bits per heavy atom. The molecule has 1 aromatic carbocycles. The van der Waals surface area contributed by atoms with Crippen LogP contribution >= 0.6 is 11.6 Å². The third kappa shape index (κ3) is 8.18. The van der Waals surface area contributed by atoms with Crippen molar-refractivity contribution < 1.29 is 18.3 Å². The number of carboxylic acids is 1. The number of carbonyl (C=O) groups is 1. The maximum atomic E-state index is 12.4. The van der Waals surface area contributed by atoms with Crippen molar-refractivity contribution in [3.05, 3.63) is 58.3 Å². The molecule has 27 heavy (non-hydrogen) atoms. The van der Waals surface area contributed by atoms with E-state index in [0.29, 0.717) is 24.3 Å². The molecule has 0 radical (unpaired) electrons. The average Bonchev–Trinajstić information content (AvgIpc) is 3.03. The van der Waals surface area contributed by atoms with Crippen LogP contribution in [0.5, 0.6) is 0 Å². The Kier molecular flexibility index (Phi) is 8.38. The zero-order valence-electron chi connectivity index (χ0n) is 15.3. The maximum absolute atomic E-state index is 12.4. The van der Waals surface area contributed by atoms with Gasteiger partial charge in [0, 0.05) is 17.1 Å². The van der Waals surface area contributed by atoms with Gasteiger partial charge in [0.2, 0.25) is 10.0 Å². The number of aryl methyl sites for hydroxylation is 1. The highest BCUT2D eigenvalue weighted by molar-refractivity contribution is 7.89. The second-order valence-electron chi connectivity index (χ2n) is 6.69. The molecule has 5 nitrogen and oxygen atoms in total. The first kappa shape index (κ1) is 21.5. The van der Waals surface area contributed by atoms with Crippen LogP contribution in [-0.2, 0) is 21.2 Å². The van der Waals surface area contributed by atoms with Crippen molar-refractivity contribution >= 4 is 27.6 Å². The van der Waals surface area contributed by atoms with Gasteiger partial charge in [-0.15, -0.1) is 0 Å². The molecule has 0 saturated carbocycles. The third-order valence-corrected chi connectivity index (χ3v) is 6.03. The molecule has 1 aliphatic carbocycles. The highest BCUT2D eigenvalue weighted by Gasteiger charge is 2.19.